The Hall–Kier alpha value is -3.14. The molecule has 0 spiro atoms. The highest BCUT2D eigenvalue weighted by molar-refractivity contribution is 6.36. The SMILES string of the molecule is CC(C)C[C@H]1CN([C@@H](CC(C)C)CN2CCC[C@H]2CN2C(=O)C(=O)NC[C@@H]2Cc2ccc(O)cc2)C(=O)C(=O)N1CC1CCCCCC1. The van der Waals surface area contributed by atoms with Gasteiger partial charge < -0.3 is 25.1 Å². The third-order valence-corrected chi connectivity index (χ3v) is 11.1. The van der Waals surface area contributed by atoms with Gasteiger partial charge in [0.15, 0.2) is 0 Å². The first kappa shape index (κ1) is 36.1. The Bertz CT molecular complexity index is 1260. The molecule has 1 aromatic carbocycles. The van der Waals surface area contributed by atoms with Crippen LogP contribution in [-0.4, -0.2) is 112 Å². The highest BCUT2D eigenvalue weighted by Crippen LogP contribution is 2.30. The predicted octanol–water partition coefficient (Wildman–Crippen LogP) is 4.20. The van der Waals surface area contributed by atoms with Crippen molar-refractivity contribution in [3.63, 3.8) is 0 Å². The van der Waals surface area contributed by atoms with Crippen LogP contribution in [0.3, 0.4) is 0 Å². The fraction of sp³-hybridized carbons (Fsp3) is 0.737. The Labute approximate surface area is 287 Å². The topological polar surface area (TPSA) is 113 Å². The molecule has 4 amide bonds. The number of likely N-dealkylation sites (tertiary alicyclic amines) is 1. The van der Waals surface area contributed by atoms with Gasteiger partial charge in [0.25, 0.3) is 0 Å². The van der Waals surface area contributed by atoms with Crippen molar-refractivity contribution in [2.75, 3.05) is 39.3 Å². The second-order valence-electron chi connectivity index (χ2n) is 15.8. The number of rotatable bonds is 13. The van der Waals surface area contributed by atoms with E-state index in [1.54, 1.807) is 17.0 Å². The molecule has 10 nitrogen and oxygen atoms in total. The summed E-state index contributed by atoms with van der Waals surface area (Å²) in [4.78, 5) is 61.7. The highest BCUT2D eigenvalue weighted by Gasteiger charge is 2.44. The second-order valence-corrected chi connectivity index (χ2v) is 15.8. The normalized spacial score (nSPS) is 25.7. The number of nitrogens with zero attached hydrogens (tertiary/aromatic N) is 4. The molecule has 0 aromatic heterocycles. The maximum atomic E-state index is 14.0. The maximum absolute atomic E-state index is 14.0. The first-order valence-electron chi connectivity index (χ1n) is 18.7. The van der Waals surface area contributed by atoms with Crippen molar-refractivity contribution in [1.29, 1.82) is 0 Å². The Kier molecular flexibility index (Phi) is 12.4. The third-order valence-electron chi connectivity index (χ3n) is 11.1. The molecule has 48 heavy (non-hydrogen) atoms. The summed E-state index contributed by atoms with van der Waals surface area (Å²) in [6.07, 6.45) is 11.4. The molecule has 10 heteroatoms. The number of hydrogen-bond acceptors (Lipinski definition) is 6. The molecule has 3 aliphatic heterocycles. The van der Waals surface area contributed by atoms with E-state index in [2.05, 4.69) is 37.9 Å². The molecule has 1 aromatic rings. The number of carbonyl (C=O) groups excluding carboxylic acids is 4. The largest absolute Gasteiger partial charge is 0.508 e. The van der Waals surface area contributed by atoms with Crippen molar-refractivity contribution in [2.24, 2.45) is 17.8 Å². The zero-order chi connectivity index (χ0) is 34.4. The van der Waals surface area contributed by atoms with Gasteiger partial charge >= 0.3 is 23.6 Å². The van der Waals surface area contributed by atoms with Gasteiger partial charge in [0, 0.05) is 44.8 Å². The monoisotopic (exact) mass is 665 g/mol. The molecule has 1 saturated carbocycles. The first-order valence-corrected chi connectivity index (χ1v) is 18.7. The van der Waals surface area contributed by atoms with Crippen LogP contribution in [-0.2, 0) is 25.6 Å². The summed E-state index contributed by atoms with van der Waals surface area (Å²) in [5.41, 5.74) is 0.990. The van der Waals surface area contributed by atoms with E-state index < -0.39 is 11.8 Å². The fourth-order valence-corrected chi connectivity index (χ4v) is 8.63. The Balaban J connectivity index is 1.31. The number of nitrogens with one attached hydrogen (secondary N) is 1. The lowest BCUT2D eigenvalue weighted by molar-refractivity contribution is -0.162. The number of benzene rings is 1. The van der Waals surface area contributed by atoms with Gasteiger partial charge in [-0.3, -0.25) is 24.1 Å². The van der Waals surface area contributed by atoms with Gasteiger partial charge in [-0.1, -0.05) is 65.5 Å². The Morgan fingerprint density at radius 3 is 2.12 bits per heavy atom. The van der Waals surface area contributed by atoms with Gasteiger partial charge in [-0.05, 0) is 86.9 Å². The van der Waals surface area contributed by atoms with Crippen LogP contribution in [0, 0.1) is 17.8 Å². The van der Waals surface area contributed by atoms with E-state index in [0.29, 0.717) is 56.9 Å². The van der Waals surface area contributed by atoms with Crippen molar-refractivity contribution in [3.8, 4) is 5.75 Å². The van der Waals surface area contributed by atoms with E-state index in [1.165, 1.54) is 25.7 Å². The lowest BCUT2D eigenvalue weighted by atomic mass is 9.93. The summed E-state index contributed by atoms with van der Waals surface area (Å²) in [7, 11) is 0. The number of amides is 4. The van der Waals surface area contributed by atoms with Crippen LogP contribution < -0.4 is 5.32 Å². The molecular weight excluding hydrogens is 606 g/mol. The fourth-order valence-electron chi connectivity index (χ4n) is 8.63. The minimum Gasteiger partial charge on any atom is -0.508 e. The van der Waals surface area contributed by atoms with E-state index in [1.807, 2.05) is 21.9 Å². The minimum absolute atomic E-state index is 0.0210. The number of aromatic hydroxyl groups is 1. The van der Waals surface area contributed by atoms with Gasteiger partial charge in [0.1, 0.15) is 5.75 Å². The molecule has 1 aliphatic carbocycles. The van der Waals surface area contributed by atoms with Crippen LogP contribution in [0.4, 0.5) is 0 Å². The molecule has 0 radical (unpaired) electrons. The van der Waals surface area contributed by atoms with Gasteiger partial charge in [-0.25, -0.2) is 0 Å². The molecule has 3 saturated heterocycles. The summed E-state index contributed by atoms with van der Waals surface area (Å²) in [5, 5.41) is 12.5. The van der Waals surface area contributed by atoms with Crippen LogP contribution in [0.1, 0.15) is 97.5 Å². The van der Waals surface area contributed by atoms with Crippen molar-refractivity contribution >= 4 is 23.6 Å². The van der Waals surface area contributed by atoms with Crippen molar-refractivity contribution in [1.82, 2.24) is 24.9 Å². The second kappa shape index (κ2) is 16.5. The quantitative estimate of drug-likeness (QED) is 0.241. The number of hydrogen-bond donors (Lipinski definition) is 2. The summed E-state index contributed by atoms with van der Waals surface area (Å²) < 4.78 is 0. The molecular formula is C38H59N5O5. The van der Waals surface area contributed by atoms with E-state index in [-0.39, 0.29) is 41.7 Å². The molecule has 4 atom stereocenters. The van der Waals surface area contributed by atoms with E-state index in [9.17, 15) is 24.3 Å². The summed E-state index contributed by atoms with van der Waals surface area (Å²) in [6, 6.07) is 6.78. The van der Waals surface area contributed by atoms with E-state index in [4.69, 9.17) is 0 Å². The van der Waals surface area contributed by atoms with Crippen molar-refractivity contribution in [2.45, 2.75) is 122 Å². The minimum atomic E-state index is -0.568. The Morgan fingerprint density at radius 2 is 1.46 bits per heavy atom. The van der Waals surface area contributed by atoms with Gasteiger partial charge in [0.2, 0.25) is 0 Å². The Morgan fingerprint density at radius 1 is 0.771 bits per heavy atom. The number of carbonyl (C=O) groups is 4. The summed E-state index contributed by atoms with van der Waals surface area (Å²) in [5.74, 6) is -0.341. The first-order chi connectivity index (χ1) is 23.0. The predicted molar refractivity (Wildman–Crippen MR) is 186 cm³/mol. The van der Waals surface area contributed by atoms with Crippen molar-refractivity contribution < 1.29 is 24.3 Å². The molecule has 266 valence electrons. The zero-order valence-electron chi connectivity index (χ0n) is 29.7. The molecule has 0 bridgehead atoms. The van der Waals surface area contributed by atoms with E-state index >= 15 is 0 Å². The van der Waals surface area contributed by atoms with E-state index in [0.717, 1.165) is 50.6 Å². The third kappa shape index (κ3) is 9.10. The molecule has 3 heterocycles. The lowest BCUT2D eigenvalue weighted by Gasteiger charge is -2.46. The molecule has 0 unspecified atom stereocenters. The summed E-state index contributed by atoms with van der Waals surface area (Å²) in [6.45, 7) is 12.4. The number of phenols is 1. The standard InChI is InChI=1S/C38H59N5O5/c1-26(2)18-32(43-25-33(19-27(3)4)41(37(47)38(43)48)22-29-10-7-5-6-8-11-29)23-40-17-9-12-30(40)24-42-31(21-39-35(45)36(42)46)20-28-13-15-34(44)16-14-28/h13-16,26-27,29-33,44H,5-12,17-25H2,1-4H3,(H,39,45)/t30-,31-,32-,33-/m0/s1. The average molecular weight is 666 g/mol. The van der Waals surface area contributed by atoms with Gasteiger partial charge in [-0.15, -0.1) is 0 Å². The van der Waals surface area contributed by atoms with Gasteiger partial charge in [0.05, 0.1) is 12.1 Å². The van der Waals surface area contributed by atoms with Crippen LogP contribution in [0.2, 0.25) is 0 Å². The number of phenolic OH excluding ortho intramolecular Hbond substituents is 1. The smallest absolute Gasteiger partial charge is 0.312 e. The molecule has 2 N–H and O–H groups in total. The van der Waals surface area contributed by atoms with Crippen LogP contribution >= 0.6 is 0 Å². The maximum Gasteiger partial charge on any atom is 0.312 e. The molecule has 4 aliphatic rings. The van der Waals surface area contributed by atoms with Gasteiger partial charge in [-0.2, -0.15) is 0 Å². The van der Waals surface area contributed by atoms with Crippen LogP contribution in [0.25, 0.3) is 0 Å². The molecule has 4 fully saturated rings. The summed E-state index contributed by atoms with van der Waals surface area (Å²) >= 11 is 0. The number of piperazine rings is 2. The molecule has 5 rings (SSSR count). The van der Waals surface area contributed by atoms with Crippen LogP contribution in [0.15, 0.2) is 24.3 Å². The lowest BCUT2D eigenvalue weighted by Crippen LogP contribution is -2.64. The zero-order valence-corrected chi connectivity index (χ0v) is 29.7. The van der Waals surface area contributed by atoms with Crippen LogP contribution in [0.5, 0.6) is 5.75 Å². The van der Waals surface area contributed by atoms with Crippen molar-refractivity contribution in [3.05, 3.63) is 29.8 Å². The average Bonchev–Trinajstić information content (AvgIpc) is 3.30. The highest BCUT2D eigenvalue weighted by atomic mass is 16.3.